The molecule has 170 valence electrons. The number of carbonyl (C=O) groups excluding carboxylic acids is 2. The van der Waals surface area contributed by atoms with Crippen LogP contribution in [0.5, 0.6) is 5.88 Å². The summed E-state index contributed by atoms with van der Waals surface area (Å²) in [6.07, 6.45) is 3.30. The lowest BCUT2D eigenvalue weighted by Gasteiger charge is -2.33. The lowest BCUT2D eigenvalue weighted by atomic mass is 10.0. The summed E-state index contributed by atoms with van der Waals surface area (Å²) in [7, 11) is 0. The van der Waals surface area contributed by atoms with E-state index < -0.39 is 0 Å². The molecule has 0 bridgehead atoms. The van der Waals surface area contributed by atoms with Crippen LogP contribution in [0.15, 0.2) is 36.5 Å². The summed E-state index contributed by atoms with van der Waals surface area (Å²) >= 11 is 0. The summed E-state index contributed by atoms with van der Waals surface area (Å²) in [6.45, 7) is 8.53. The number of ether oxygens (including phenoxy) is 1. The van der Waals surface area contributed by atoms with Crippen LogP contribution < -0.4 is 9.64 Å². The first kappa shape index (κ1) is 22.0. The second-order valence-electron chi connectivity index (χ2n) is 8.77. The molecule has 1 unspecified atom stereocenters. The molecule has 0 radical (unpaired) electrons. The molecule has 32 heavy (non-hydrogen) atoms. The highest BCUT2D eigenvalue weighted by atomic mass is 16.5. The third-order valence-electron chi connectivity index (χ3n) is 6.06. The summed E-state index contributed by atoms with van der Waals surface area (Å²) in [4.78, 5) is 39.4. The van der Waals surface area contributed by atoms with Gasteiger partial charge >= 0.3 is 6.03 Å². The number of aromatic nitrogens is 2. The molecule has 0 saturated carbocycles. The fourth-order valence-corrected chi connectivity index (χ4v) is 4.20. The van der Waals surface area contributed by atoms with Crippen LogP contribution in [-0.4, -0.2) is 70.5 Å². The first-order chi connectivity index (χ1) is 15.4. The Balaban J connectivity index is 1.32. The normalized spacial score (nSPS) is 19.1. The lowest BCUT2D eigenvalue weighted by molar-refractivity contribution is -0.134. The molecule has 1 aromatic carbocycles. The molecule has 0 N–H and O–H groups in total. The molecule has 2 aliphatic heterocycles. The number of rotatable bonds is 6. The van der Waals surface area contributed by atoms with Crippen molar-refractivity contribution in [2.24, 2.45) is 0 Å². The molecule has 3 heterocycles. The van der Waals surface area contributed by atoms with Gasteiger partial charge in [0.1, 0.15) is 18.5 Å². The van der Waals surface area contributed by atoms with Gasteiger partial charge in [-0.25, -0.2) is 9.78 Å². The zero-order chi connectivity index (χ0) is 22.7. The van der Waals surface area contributed by atoms with Crippen molar-refractivity contribution in [1.29, 1.82) is 0 Å². The summed E-state index contributed by atoms with van der Waals surface area (Å²) in [5.41, 5.74) is 2.12. The highest BCUT2D eigenvalue weighted by molar-refractivity contribution is 5.96. The van der Waals surface area contributed by atoms with Crippen LogP contribution in [0.3, 0.4) is 0 Å². The van der Waals surface area contributed by atoms with Gasteiger partial charge in [0.15, 0.2) is 0 Å². The highest BCUT2D eigenvalue weighted by Crippen LogP contribution is 2.24. The molecule has 4 rings (SSSR count). The summed E-state index contributed by atoms with van der Waals surface area (Å²) < 4.78 is 5.98. The Morgan fingerprint density at radius 2 is 1.94 bits per heavy atom. The van der Waals surface area contributed by atoms with E-state index in [1.54, 1.807) is 27.0 Å². The maximum absolute atomic E-state index is 12.9. The third kappa shape index (κ3) is 5.00. The molecular weight excluding hydrogens is 406 g/mol. The average molecular weight is 438 g/mol. The van der Waals surface area contributed by atoms with E-state index in [1.807, 2.05) is 19.1 Å². The fraction of sp³-hybridized carbons (Fsp3) is 0.500. The minimum absolute atomic E-state index is 0.0393. The van der Waals surface area contributed by atoms with Crippen molar-refractivity contribution in [3.05, 3.63) is 47.9 Å². The number of carbonyl (C=O) groups is 2. The largest absolute Gasteiger partial charge is 0.472 e. The van der Waals surface area contributed by atoms with Gasteiger partial charge in [0.05, 0.1) is 6.54 Å². The molecule has 3 amide bonds. The van der Waals surface area contributed by atoms with Crippen molar-refractivity contribution in [2.75, 3.05) is 37.6 Å². The van der Waals surface area contributed by atoms with E-state index >= 15 is 0 Å². The number of piperidine rings is 1. The van der Waals surface area contributed by atoms with Crippen molar-refractivity contribution in [3.8, 4) is 5.88 Å². The first-order valence-electron chi connectivity index (χ1n) is 11.3. The number of urea groups is 1. The van der Waals surface area contributed by atoms with Gasteiger partial charge in [-0.05, 0) is 43.4 Å². The number of hydrogen-bond acceptors (Lipinski definition) is 5. The molecule has 2 fully saturated rings. The van der Waals surface area contributed by atoms with Crippen LogP contribution in [0.25, 0.3) is 0 Å². The van der Waals surface area contributed by atoms with E-state index in [9.17, 15) is 9.59 Å². The Bertz CT molecular complexity index is 962. The van der Waals surface area contributed by atoms with Crippen molar-refractivity contribution >= 4 is 17.6 Å². The van der Waals surface area contributed by atoms with Crippen molar-refractivity contribution < 1.29 is 14.3 Å². The SMILES string of the molecule is Cc1nccc(OC2CCCN(C(=O)CN3CCN(c4ccc(C(C)C)cc4)C3=O)C2)n1. The number of aryl methyl sites for hydroxylation is 1. The smallest absolute Gasteiger partial charge is 0.325 e. The highest BCUT2D eigenvalue weighted by Gasteiger charge is 2.33. The topological polar surface area (TPSA) is 78.9 Å². The number of anilines is 1. The number of benzene rings is 1. The summed E-state index contributed by atoms with van der Waals surface area (Å²) in [5, 5.41) is 0. The second kappa shape index (κ2) is 9.54. The molecule has 2 aliphatic rings. The molecule has 1 aromatic heterocycles. The van der Waals surface area contributed by atoms with E-state index in [4.69, 9.17) is 4.74 Å². The van der Waals surface area contributed by atoms with Crippen LogP contribution >= 0.6 is 0 Å². The van der Waals surface area contributed by atoms with Crippen LogP contribution in [0.1, 0.15) is 44.0 Å². The second-order valence-corrected chi connectivity index (χ2v) is 8.77. The Hall–Kier alpha value is -3.16. The fourth-order valence-electron chi connectivity index (χ4n) is 4.20. The van der Waals surface area contributed by atoms with Gasteiger partial charge in [-0.2, -0.15) is 4.98 Å². The molecule has 1 atom stereocenters. The molecule has 8 nitrogen and oxygen atoms in total. The predicted octanol–water partition coefficient (Wildman–Crippen LogP) is 3.22. The van der Waals surface area contributed by atoms with Crippen molar-refractivity contribution in [2.45, 2.75) is 45.6 Å². The van der Waals surface area contributed by atoms with Gasteiger partial charge in [0, 0.05) is 37.6 Å². The van der Waals surface area contributed by atoms with E-state index in [0.717, 1.165) is 18.5 Å². The zero-order valence-electron chi connectivity index (χ0n) is 19.0. The standard InChI is InChI=1S/C24H31N5O3/c1-17(2)19-6-8-20(9-7-19)29-14-13-28(24(29)31)16-23(30)27-12-4-5-21(15-27)32-22-10-11-25-18(3)26-22/h6-11,17,21H,4-5,12-16H2,1-3H3. The molecule has 2 saturated heterocycles. The van der Waals surface area contributed by atoms with E-state index in [1.165, 1.54) is 5.56 Å². The van der Waals surface area contributed by atoms with Crippen molar-refractivity contribution in [3.63, 3.8) is 0 Å². The molecular formula is C24H31N5O3. The van der Waals surface area contributed by atoms with Gasteiger partial charge in [-0.1, -0.05) is 26.0 Å². The Morgan fingerprint density at radius 3 is 2.66 bits per heavy atom. The van der Waals surface area contributed by atoms with Gasteiger partial charge in [-0.15, -0.1) is 0 Å². The molecule has 0 aliphatic carbocycles. The maximum Gasteiger partial charge on any atom is 0.325 e. The Morgan fingerprint density at radius 1 is 1.16 bits per heavy atom. The van der Waals surface area contributed by atoms with E-state index in [2.05, 4.69) is 35.9 Å². The summed E-state index contributed by atoms with van der Waals surface area (Å²) in [5.74, 6) is 1.60. The monoisotopic (exact) mass is 437 g/mol. The predicted molar refractivity (Wildman–Crippen MR) is 122 cm³/mol. The zero-order valence-corrected chi connectivity index (χ0v) is 19.0. The van der Waals surface area contributed by atoms with Crippen LogP contribution in [0.2, 0.25) is 0 Å². The minimum atomic E-state index is -0.114. The number of amides is 3. The summed E-state index contributed by atoms with van der Waals surface area (Å²) in [6, 6.07) is 9.72. The van der Waals surface area contributed by atoms with Crippen LogP contribution in [0, 0.1) is 6.92 Å². The Labute approximate surface area is 189 Å². The first-order valence-corrected chi connectivity index (χ1v) is 11.3. The number of likely N-dealkylation sites (tertiary alicyclic amines) is 1. The van der Waals surface area contributed by atoms with Gasteiger partial charge < -0.3 is 14.5 Å². The minimum Gasteiger partial charge on any atom is -0.472 e. The van der Waals surface area contributed by atoms with Crippen LogP contribution in [-0.2, 0) is 4.79 Å². The Kier molecular flexibility index (Phi) is 6.58. The van der Waals surface area contributed by atoms with Gasteiger partial charge in [-0.3, -0.25) is 9.69 Å². The van der Waals surface area contributed by atoms with Gasteiger partial charge in [0.25, 0.3) is 0 Å². The van der Waals surface area contributed by atoms with Gasteiger partial charge in [0.2, 0.25) is 11.8 Å². The quantitative estimate of drug-likeness (QED) is 0.693. The molecule has 8 heteroatoms. The molecule has 0 spiro atoms. The third-order valence-corrected chi connectivity index (χ3v) is 6.06. The number of hydrogen-bond donors (Lipinski definition) is 0. The van der Waals surface area contributed by atoms with Crippen LogP contribution in [0.4, 0.5) is 10.5 Å². The number of nitrogens with zero attached hydrogens (tertiary/aromatic N) is 5. The molecule has 2 aromatic rings. The average Bonchev–Trinajstić information content (AvgIpc) is 3.14. The van der Waals surface area contributed by atoms with Crippen molar-refractivity contribution in [1.82, 2.24) is 19.8 Å². The lowest BCUT2D eigenvalue weighted by Crippen LogP contribution is -2.48. The van der Waals surface area contributed by atoms with E-state index in [0.29, 0.717) is 43.8 Å². The maximum atomic E-state index is 12.9. The van der Waals surface area contributed by atoms with E-state index in [-0.39, 0.29) is 24.6 Å².